The van der Waals surface area contributed by atoms with Gasteiger partial charge in [0.25, 0.3) is 0 Å². The van der Waals surface area contributed by atoms with Gasteiger partial charge in [0, 0.05) is 16.3 Å². The number of rotatable bonds is 6. The molecule has 1 heterocycles. The first-order chi connectivity index (χ1) is 13.0. The Balaban J connectivity index is 1.55. The number of amides is 1. The summed E-state index contributed by atoms with van der Waals surface area (Å²) in [6.07, 6.45) is -0.182. The number of carbonyl (C=O) groups is 1. The highest BCUT2D eigenvalue weighted by Gasteiger charge is 2.14. The number of hydrogen-bond acceptors (Lipinski definition) is 6. The third-order valence-corrected chi connectivity index (χ3v) is 5.89. The first kappa shape index (κ1) is 19.3. The van der Waals surface area contributed by atoms with Gasteiger partial charge in [0.15, 0.2) is 4.34 Å². The lowest BCUT2D eigenvalue weighted by molar-refractivity contribution is -0.115. The van der Waals surface area contributed by atoms with Crippen molar-refractivity contribution in [2.24, 2.45) is 0 Å². The van der Waals surface area contributed by atoms with Crippen molar-refractivity contribution in [2.75, 3.05) is 5.32 Å². The zero-order valence-electron chi connectivity index (χ0n) is 13.8. The number of carbonyl (C=O) groups excluding carboxylic acids is 1. The molecular formula is C18H12ClFN4OS2. The van der Waals surface area contributed by atoms with E-state index in [-0.39, 0.29) is 17.0 Å². The van der Waals surface area contributed by atoms with Gasteiger partial charge in [0.2, 0.25) is 11.0 Å². The van der Waals surface area contributed by atoms with Gasteiger partial charge in [-0.3, -0.25) is 4.79 Å². The topological polar surface area (TPSA) is 78.7 Å². The lowest BCUT2D eigenvalue weighted by Crippen LogP contribution is -2.15. The molecule has 0 radical (unpaired) electrons. The number of benzene rings is 2. The minimum atomic E-state index is -0.520. The Morgan fingerprint density at radius 2 is 2.04 bits per heavy atom. The van der Waals surface area contributed by atoms with Crippen molar-refractivity contribution >= 4 is 45.7 Å². The lowest BCUT2D eigenvalue weighted by Gasteiger charge is -2.05. The molecule has 0 spiro atoms. The van der Waals surface area contributed by atoms with Crippen LogP contribution in [0.5, 0.6) is 0 Å². The van der Waals surface area contributed by atoms with Crippen molar-refractivity contribution < 1.29 is 9.18 Å². The van der Waals surface area contributed by atoms with Gasteiger partial charge < -0.3 is 5.32 Å². The summed E-state index contributed by atoms with van der Waals surface area (Å²) in [5, 5.41) is 19.9. The third kappa shape index (κ3) is 5.26. The Labute approximate surface area is 168 Å². The second-order valence-corrected chi connectivity index (χ2v) is 8.00. The van der Waals surface area contributed by atoms with Crippen molar-refractivity contribution in [3.8, 4) is 6.07 Å². The number of nitrogens with zero attached hydrogens (tertiary/aromatic N) is 3. The van der Waals surface area contributed by atoms with E-state index in [1.54, 1.807) is 12.1 Å². The molecule has 136 valence electrons. The highest BCUT2D eigenvalue weighted by Crippen LogP contribution is 2.28. The Morgan fingerprint density at radius 1 is 1.26 bits per heavy atom. The molecule has 0 unspecified atom stereocenters. The molecule has 27 heavy (non-hydrogen) atoms. The van der Waals surface area contributed by atoms with Crippen LogP contribution in [0, 0.1) is 17.1 Å². The Bertz CT molecular complexity index is 981. The van der Waals surface area contributed by atoms with Gasteiger partial charge >= 0.3 is 0 Å². The molecule has 9 heteroatoms. The van der Waals surface area contributed by atoms with Crippen molar-refractivity contribution in [2.45, 2.75) is 16.5 Å². The fourth-order valence-corrected chi connectivity index (χ4v) is 4.12. The molecule has 0 aliphatic rings. The molecular weight excluding hydrogens is 407 g/mol. The summed E-state index contributed by atoms with van der Waals surface area (Å²) >= 11 is 8.64. The highest BCUT2D eigenvalue weighted by atomic mass is 35.5. The van der Waals surface area contributed by atoms with E-state index in [0.717, 1.165) is 5.56 Å². The largest absolute Gasteiger partial charge is 0.300 e. The van der Waals surface area contributed by atoms with E-state index in [2.05, 4.69) is 21.6 Å². The van der Waals surface area contributed by atoms with E-state index in [0.29, 0.717) is 20.8 Å². The van der Waals surface area contributed by atoms with Crippen molar-refractivity contribution in [3.63, 3.8) is 0 Å². The van der Waals surface area contributed by atoms with E-state index in [1.165, 1.54) is 41.3 Å². The Hall–Kier alpha value is -2.47. The van der Waals surface area contributed by atoms with Crippen LogP contribution >= 0.6 is 34.7 Å². The average molecular weight is 419 g/mol. The monoisotopic (exact) mass is 418 g/mol. The molecule has 1 N–H and O–H groups in total. The number of nitrogens with one attached hydrogen (secondary N) is 1. The minimum Gasteiger partial charge on any atom is -0.300 e. The van der Waals surface area contributed by atoms with Gasteiger partial charge in [-0.05, 0) is 29.8 Å². The smallest absolute Gasteiger partial charge is 0.230 e. The number of thioether (sulfide) groups is 1. The molecule has 1 amide bonds. The van der Waals surface area contributed by atoms with Crippen LogP contribution in [-0.4, -0.2) is 16.1 Å². The predicted molar refractivity (Wildman–Crippen MR) is 104 cm³/mol. The second kappa shape index (κ2) is 8.95. The summed E-state index contributed by atoms with van der Waals surface area (Å²) in [7, 11) is 0. The van der Waals surface area contributed by atoms with Crippen molar-refractivity contribution in [1.82, 2.24) is 10.2 Å². The first-order valence-corrected chi connectivity index (χ1v) is 9.91. The maximum atomic E-state index is 13.8. The van der Waals surface area contributed by atoms with Crippen LogP contribution in [0.25, 0.3) is 0 Å². The molecule has 3 aromatic rings. The number of nitriles is 1. The fraction of sp³-hybridized carbons (Fsp3) is 0.111. The van der Waals surface area contributed by atoms with E-state index in [4.69, 9.17) is 16.9 Å². The van der Waals surface area contributed by atoms with Gasteiger partial charge in [-0.1, -0.05) is 52.9 Å². The Morgan fingerprint density at radius 3 is 2.74 bits per heavy atom. The summed E-state index contributed by atoms with van der Waals surface area (Å²) in [5.41, 5.74) is 1.81. The van der Waals surface area contributed by atoms with Gasteiger partial charge in [0.05, 0.1) is 18.1 Å². The zero-order valence-corrected chi connectivity index (χ0v) is 16.2. The van der Waals surface area contributed by atoms with E-state index in [9.17, 15) is 9.18 Å². The maximum Gasteiger partial charge on any atom is 0.230 e. The van der Waals surface area contributed by atoms with Crippen molar-refractivity contribution in [3.05, 3.63) is 70.0 Å². The van der Waals surface area contributed by atoms with E-state index < -0.39 is 11.7 Å². The summed E-state index contributed by atoms with van der Waals surface area (Å²) < 4.78 is 14.4. The zero-order chi connectivity index (χ0) is 19.2. The molecule has 0 aliphatic carbocycles. The average Bonchev–Trinajstić information content (AvgIpc) is 3.11. The van der Waals surface area contributed by atoms with Crippen LogP contribution in [-0.2, 0) is 17.0 Å². The SMILES string of the molecule is N#Cc1ccc(CSc2nnc(NC(=O)Cc3c(F)cccc3Cl)s2)cc1. The minimum absolute atomic E-state index is 0.150. The first-order valence-electron chi connectivity index (χ1n) is 7.73. The molecule has 0 atom stereocenters. The van der Waals surface area contributed by atoms with Crippen LogP contribution in [0.3, 0.4) is 0 Å². The molecule has 1 aromatic heterocycles. The second-order valence-electron chi connectivity index (χ2n) is 5.40. The highest BCUT2D eigenvalue weighted by molar-refractivity contribution is 8.00. The number of halogens is 2. The number of aromatic nitrogens is 2. The van der Waals surface area contributed by atoms with Crippen molar-refractivity contribution in [1.29, 1.82) is 5.26 Å². The normalized spacial score (nSPS) is 10.4. The van der Waals surface area contributed by atoms with Gasteiger partial charge in [-0.2, -0.15) is 5.26 Å². The molecule has 5 nitrogen and oxygen atoms in total. The van der Waals surface area contributed by atoms with E-state index >= 15 is 0 Å². The number of anilines is 1. The molecule has 0 saturated heterocycles. The summed E-state index contributed by atoms with van der Waals surface area (Å²) in [5.74, 6) is -0.269. The van der Waals surface area contributed by atoms with Crippen LogP contribution < -0.4 is 5.32 Å². The summed E-state index contributed by atoms with van der Waals surface area (Å²) in [6.45, 7) is 0. The van der Waals surface area contributed by atoms with Crippen LogP contribution in [0.1, 0.15) is 16.7 Å². The Kier molecular flexibility index (Phi) is 6.40. The van der Waals surface area contributed by atoms with Crippen LogP contribution in [0.2, 0.25) is 5.02 Å². The summed E-state index contributed by atoms with van der Waals surface area (Å²) in [4.78, 5) is 12.1. The lowest BCUT2D eigenvalue weighted by atomic mass is 10.1. The summed E-state index contributed by atoms with van der Waals surface area (Å²) in [6, 6.07) is 13.6. The quantitative estimate of drug-likeness (QED) is 0.464. The third-order valence-electron chi connectivity index (χ3n) is 3.50. The standard InChI is InChI=1S/C18H12ClFN4OS2/c19-14-2-1-3-15(20)13(14)8-16(25)22-17-23-24-18(27-17)26-10-12-6-4-11(9-21)5-7-12/h1-7H,8,10H2,(H,22,23,25). The van der Waals surface area contributed by atoms with E-state index in [1.807, 2.05) is 12.1 Å². The molecule has 0 bridgehead atoms. The van der Waals surface area contributed by atoms with Crippen LogP contribution in [0.15, 0.2) is 46.8 Å². The molecule has 0 aliphatic heterocycles. The molecule has 0 fully saturated rings. The van der Waals surface area contributed by atoms with Gasteiger partial charge in [0.1, 0.15) is 5.82 Å². The molecule has 3 rings (SSSR count). The maximum absolute atomic E-state index is 13.8. The predicted octanol–water partition coefficient (Wildman–Crippen LogP) is 4.68. The van der Waals surface area contributed by atoms with Crippen LogP contribution in [0.4, 0.5) is 9.52 Å². The fourth-order valence-electron chi connectivity index (χ4n) is 2.16. The van der Waals surface area contributed by atoms with Gasteiger partial charge in [-0.15, -0.1) is 10.2 Å². The molecule has 0 saturated carbocycles. The van der Waals surface area contributed by atoms with Gasteiger partial charge in [-0.25, -0.2) is 4.39 Å². The number of hydrogen-bond donors (Lipinski definition) is 1. The molecule has 2 aromatic carbocycles.